The molecule has 1 amide bonds. The summed E-state index contributed by atoms with van der Waals surface area (Å²) in [5.41, 5.74) is 1.16. The van der Waals surface area contributed by atoms with Crippen molar-refractivity contribution in [2.24, 2.45) is 0 Å². The number of hydrogen-bond donors (Lipinski definition) is 2. The molecule has 2 atom stereocenters. The number of H-pyrrole nitrogens is 1. The van der Waals surface area contributed by atoms with E-state index in [4.69, 9.17) is 4.42 Å². The molecule has 2 aromatic rings. The second-order valence-corrected chi connectivity index (χ2v) is 5.89. The summed E-state index contributed by atoms with van der Waals surface area (Å²) < 4.78 is 5.31. The van der Waals surface area contributed by atoms with E-state index in [1.54, 1.807) is 12.5 Å². The van der Waals surface area contributed by atoms with Crippen molar-refractivity contribution in [3.63, 3.8) is 0 Å². The Morgan fingerprint density at radius 3 is 3.23 bits per heavy atom. The van der Waals surface area contributed by atoms with Crippen LogP contribution in [0.15, 0.2) is 35.1 Å². The minimum Gasteiger partial charge on any atom is -0.467 e. The van der Waals surface area contributed by atoms with Gasteiger partial charge in [0.05, 0.1) is 18.8 Å². The standard InChI is InChI=1S/C16H22N4O2/c1-12(15-5-3-9-22-15)18-16(21)11-20-8-2-4-13(10-20)14-6-7-17-19-14/h3,5-7,9,12-13H,2,4,8,10-11H2,1H3,(H,17,19)(H,18,21)/t12-,13+/m1/s1. The smallest absolute Gasteiger partial charge is 0.234 e. The van der Waals surface area contributed by atoms with E-state index in [1.165, 1.54) is 0 Å². The van der Waals surface area contributed by atoms with Gasteiger partial charge in [0.25, 0.3) is 0 Å². The molecule has 6 nitrogen and oxygen atoms in total. The van der Waals surface area contributed by atoms with Crippen LogP contribution in [0.2, 0.25) is 0 Å². The normalized spacial score (nSPS) is 20.7. The minimum absolute atomic E-state index is 0.0363. The first-order chi connectivity index (χ1) is 10.7. The number of carbonyl (C=O) groups is 1. The predicted octanol–water partition coefficient (Wildman–Crippen LogP) is 2.06. The van der Waals surface area contributed by atoms with Gasteiger partial charge in [-0.3, -0.25) is 14.8 Å². The zero-order valence-electron chi connectivity index (χ0n) is 12.8. The van der Waals surface area contributed by atoms with Crippen molar-refractivity contribution in [1.29, 1.82) is 0 Å². The minimum atomic E-state index is -0.101. The Kier molecular flexibility index (Phi) is 4.58. The number of nitrogens with zero attached hydrogens (tertiary/aromatic N) is 2. The molecular weight excluding hydrogens is 280 g/mol. The molecule has 1 fully saturated rings. The molecule has 1 aliphatic rings. The number of piperidine rings is 1. The molecule has 3 rings (SSSR count). The third-order valence-electron chi connectivity index (χ3n) is 4.18. The molecular formula is C16H22N4O2. The zero-order chi connectivity index (χ0) is 15.4. The summed E-state index contributed by atoms with van der Waals surface area (Å²) in [5, 5.41) is 10.0. The molecule has 22 heavy (non-hydrogen) atoms. The van der Waals surface area contributed by atoms with Crippen LogP contribution in [0.4, 0.5) is 0 Å². The fourth-order valence-corrected chi connectivity index (χ4v) is 3.05. The average molecular weight is 302 g/mol. The van der Waals surface area contributed by atoms with E-state index in [1.807, 2.05) is 25.1 Å². The third-order valence-corrected chi connectivity index (χ3v) is 4.18. The summed E-state index contributed by atoms with van der Waals surface area (Å²) in [6, 6.07) is 5.63. The van der Waals surface area contributed by atoms with Crippen molar-refractivity contribution in [2.75, 3.05) is 19.6 Å². The van der Waals surface area contributed by atoms with Gasteiger partial charge in [0, 0.05) is 24.4 Å². The largest absolute Gasteiger partial charge is 0.467 e. The number of furan rings is 1. The van der Waals surface area contributed by atoms with Crippen LogP contribution in [0.5, 0.6) is 0 Å². The second-order valence-electron chi connectivity index (χ2n) is 5.89. The van der Waals surface area contributed by atoms with Gasteiger partial charge < -0.3 is 9.73 Å². The summed E-state index contributed by atoms with van der Waals surface area (Å²) in [6.45, 7) is 4.22. The lowest BCUT2D eigenvalue weighted by Gasteiger charge is -2.31. The molecule has 0 bridgehead atoms. The first kappa shape index (κ1) is 14.8. The van der Waals surface area contributed by atoms with Crippen LogP contribution in [0.25, 0.3) is 0 Å². The van der Waals surface area contributed by atoms with Gasteiger partial charge in [-0.15, -0.1) is 0 Å². The molecule has 0 spiro atoms. The van der Waals surface area contributed by atoms with Crippen LogP contribution in [0, 0.1) is 0 Å². The van der Waals surface area contributed by atoms with Gasteiger partial charge in [-0.05, 0) is 44.5 Å². The fraction of sp³-hybridized carbons (Fsp3) is 0.500. The van der Waals surface area contributed by atoms with Gasteiger partial charge in [-0.1, -0.05) is 0 Å². The van der Waals surface area contributed by atoms with Crippen LogP contribution < -0.4 is 5.32 Å². The molecule has 1 saturated heterocycles. The average Bonchev–Trinajstić information content (AvgIpc) is 3.21. The van der Waals surface area contributed by atoms with Gasteiger partial charge in [-0.2, -0.15) is 5.10 Å². The molecule has 3 heterocycles. The Bertz CT molecular complexity index is 579. The highest BCUT2D eigenvalue weighted by Crippen LogP contribution is 2.25. The van der Waals surface area contributed by atoms with E-state index >= 15 is 0 Å². The Morgan fingerprint density at radius 2 is 2.50 bits per heavy atom. The predicted molar refractivity (Wildman–Crippen MR) is 82.3 cm³/mol. The van der Waals surface area contributed by atoms with Gasteiger partial charge in [-0.25, -0.2) is 0 Å². The lowest BCUT2D eigenvalue weighted by molar-refractivity contribution is -0.123. The maximum absolute atomic E-state index is 12.2. The SMILES string of the molecule is C[C@@H](NC(=O)CN1CCC[C@H](c2ccn[nH]2)C1)c1ccco1. The maximum Gasteiger partial charge on any atom is 0.234 e. The number of carbonyl (C=O) groups excluding carboxylic acids is 1. The van der Waals surface area contributed by atoms with Crippen molar-refractivity contribution >= 4 is 5.91 Å². The number of nitrogens with one attached hydrogen (secondary N) is 2. The molecule has 0 saturated carbocycles. The molecule has 1 aliphatic heterocycles. The summed E-state index contributed by atoms with van der Waals surface area (Å²) in [6.07, 6.45) is 5.65. The highest BCUT2D eigenvalue weighted by atomic mass is 16.3. The van der Waals surface area contributed by atoms with Crippen LogP contribution in [-0.4, -0.2) is 40.6 Å². The summed E-state index contributed by atoms with van der Waals surface area (Å²) >= 11 is 0. The second kappa shape index (κ2) is 6.79. The summed E-state index contributed by atoms with van der Waals surface area (Å²) in [5.74, 6) is 1.25. The van der Waals surface area contributed by atoms with Crippen molar-refractivity contribution in [3.05, 3.63) is 42.1 Å². The molecule has 0 unspecified atom stereocenters. The van der Waals surface area contributed by atoms with E-state index in [9.17, 15) is 4.79 Å². The number of rotatable bonds is 5. The van der Waals surface area contributed by atoms with Gasteiger partial charge in [0.15, 0.2) is 0 Å². The number of aromatic amines is 1. The molecule has 6 heteroatoms. The number of aromatic nitrogens is 2. The van der Waals surface area contributed by atoms with Crippen molar-refractivity contribution in [1.82, 2.24) is 20.4 Å². The van der Waals surface area contributed by atoms with Crippen LogP contribution in [0.1, 0.15) is 43.2 Å². The molecule has 118 valence electrons. The molecule has 0 aromatic carbocycles. The number of hydrogen-bond acceptors (Lipinski definition) is 4. The first-order valence-corrected chi connectivity index (χ1v) is 7.77. The number of amides is 1. The maximum atomic E-state index is 12.2. The highest BCUT2D eigenvalue weighted by Gasteiger charge is 2.24. The molecule has 0 radical (unpaired) electrons. The van der Waals surface area contributed by atoms with Crippen molar-refractivity contribution in [3.8, 4) is 0 Å². The van der Waals surface area contributed by atoms with E-state index in [2.05, 4.69) is 20.4 Å². The Labute approximate surface area is 129 Å². The highest BCUT2D eigenvalue weighted by molar-refractivity contribution is 5.78. The Balaban J connectivity index is 1.51. The van der Waals surface area contributed by atoms with Crippen LogP contribution >= 0.6 is 0 Å². The quantitative estimate of drug-likeness (QED) is 0.886. The summed E-state index contributed by atoms with van der Waals surface area (Å²) in [7, 11) is 0. The lowest BCUT2D eigenvalue weighted by Crippen LogP contribution is -2.42. The first-order valence-electron chi connectivity index (χ1n) is 7.77. The monoisotopic (exact) mass is 302 g/mol. The zero-order valence-corrected chi connectivity index (χ0v) is 12.8. The van der Waals surface area contributed by atoms with Crippen molar-refractivity contribution < 1.29 is 9.21 Å². The fourth-order valence-electron chi connectivity index (χ4n) is 3.05. The molecule has 2 N–H and O–H groups in total. The molecule has 0 aliphatic carbocycles. The number of likely N-dealkylation sites (tertiary alicyclic amines) is 1. The van der Waals surface area contributed by atoms with Gasteiger partial charge in [0.1, 0.15) is 5.76 Å². The van der Waals surface area contributed by atoms with E-state index in [0.29, 0.717) is 12.5 Å². The summed E-state index contributed by atoms with van der Waals surface area (Å²) in [4.78, 5) is 14.4. The molecule has 2 aromatic heterocycles. The van der Waals surface area contributed by atoms with Crippen LogP contribution in [0.3, 0.4) is 0 Å². The lowest BCUT2D eigenvalue weighted by atomic mass is 9.95. The van der Waals surface area contributed by atoms with Crippen LogP contribution in [-0.2, 0) is 4.79 Å². The third kappa shape index (κ3) is 3.57. The van der Waals surface area contributed by atoms with E-state index in [-0.39, 0.29) is 11.9 Å². The Hall–Kier alpha value is -2.08. The van der Waals surface area contributed by atoms with Gasteiger partial charge in [0.2, 0.25) is 5.91 Å². The van der Waals surface area contributed by atoms with Crippen molar-refractivity contribution in [2.45, 2.75) is 31.7 Å². The van der Waals surface area contributed by atoms with Gasteiger partial charge >= 0.3 is 0 Å². The topological polar surface area (TPSA) is 74.2 Å². The van der Waals surface area contributed by atoms with E-state index in [0.717, 1.165) is 37.4 Å². The Morgan fingerprint density at radius 1 is 1.59 bits per heavy atom. The van der Waals surface area contributed by atoms with E-state index < -0.39 is 0 Å².